The smallest absolute Gasteiger partial charge is 0.322 e. The molecule has 62 valence electrons. The van der Waals surface area contributed by atoms with Crippen LogP contribution in [0.1, 0.15) is 0 Å². The summed E-state index contributed by atoms with van der Waals surface area (Å²) in [6.07, 6.45) is 3.16. The number of nitrogens with one attached hydrogen (secondary N) is 2. The second kappa shape index (κ2) is 2.74. The summed E-state index contributed by atoms with van der Waals surface area (Å²) in [6.45, 7) is 0.414. The van der Waals surface area contributed by atoms with Gasteiger partial charge in [0.2, 0.25) is 5.95 Å². The number of anilines is 1. The van der Waals surface area contributed by atoms with E-state index in [9.17, 15) is 4.79 Å². The van der Waals surface area contributed by atoms with Crippen molar-refractivity contribution < 1.29 is 4.79 Å². The highest BCUT2D eigenvalue weighted by atomic mass is 16.2. The minimum atomic E-state index is -0.235. The van der Waals surface area contributed by atoms with Crippen molar-refractivity contribution in [3.8, 4) is 0 Å². The minimum absolute atomic E-state index is 0.235. The van der Waals surface area contributed by atoms with Crippen molar-refractivity contribution in [2.45, 2.75) is 0 Å². The molecule has 0 aromatic carbocycles. The molecular weight excluding hydrogens is 158 g/mol. The molecule has 0 radical (unpaired) electrons. The Labute approximate surface area is 68.6 Å². The molecule has 12 heavy (non-hydrogen) atoms. The normalized spacial score (nSPS) is 16.3. The molecule has 1 aromatic rings. The molecule has 1 saturated heterocycles. The summed E-state index contributed by atoms with van der Waals surface area (Å²) < 4.78 is 0. The van der Waals surface area contributed by atoms with E-state index in [1.165, 1.54) is 5.01 Å². The number of hydrazine groups is 1. The average molecular weight is 165 g/mol. The lowest BCUT2D eigenvalue weighted by atomic mass is 10.7. The van der Waals surface area contributed by atoms with Crippen LogP contribution >= 0.6 is 0 Å². The van der Waals surface area contributed by atoms with Crippen LogP contribution in [-0.4, -0.2) is 22.7 Å². The van der Waals surface area contributed by atoms with Gasteiger partial charge in [0, 0.05) is 12.4 Å². The Hall–Kier alpha value is -1.69. The van der Waals surface area contributed by atoms with E-state index >= 15 is 0 Å². The molecule has 0 spiro atoms. The summed E-state index contributed by atoms with van der Waals surface area (Å²) in [7, 11) is 0. The van der Waals surface area contributed by atoms with Gasteiger partial charge in [0.25, 0.3) is 0 Å². The van der Waals surface area contributed by atoms with Crippen molar-refractivity contribution in [2.24, 2.45) is 0 Å². The van der Waals surface area contributed by atoms with Gasteiger partial charge in [-0.15, -0.1) is 0 Å². The summed E-state index contributed by atoms with van der Waals surface area (Å²) in [5, 5.41) is 3.83. The van der Waals surface area contributed by atoms with Gasteiger partial charge >= 0.3 is 6.03 Å². The second-order valence-electron chi connectivity index (χ2n) is 2.20. The molecule has 1 aliphatic rings. The number of nitrogens with zero attached hydrogens (tertiary/aromatic N) is 3. The predicted octanol–water partition coefficient (Wildman–Crippen LogP) is -0.532. The lowest BCUT2D eigenvalue weighted by molar-refractivity contribution is 0.251. The summed E-state index contributed by atoms with van der Waals surface area (Å²) >= 11 is 0. The van der Waals surface area contributed by atoms with Crippen LogP contribution < -0.4 is 15.8 Å². The molecule has 2 N–H and O–H groups in total. The van der Waals surface area contributed by atoms with Gasteiger partial charge in [-0.1, -0.05) is 0 Å². The van der Waals surface area contributed by atoms with E-state index in [-0.39, 0.29) is 6.03 Å². The molecular formula is C6H7N5O. The zero-order valence-corrected chi connectivity index (χ0v) is 6.19. The fourth-order valence-corrected chi connectivity index (χ4v) is 0.913. The number of amides is 2. The van der Waals surface area contributed by atoms with Crippen LogP contribution in [0, 0.1) is 0 Å². The zero-order chi connectivity index (χ0) is 8.39. The van der Waals surface area contributed by atoms with Gasteiger partial charge < -0.3 is 5.32 Å². The van der Waals surface area contributed by atoms with E-state index in [0.29, 0.717) is 12.6 Å². The van der Waals surface area contributed by atoms with Gasteiger partial charge in [0.1, 0.15) is 0 Å². The van der Waals surface area contributed by atoms with Crippen molar-refractivity contribution >= 4 is 12.0 Å². The molecule has 0 saturated carbocycles. The summed E-state index contributed by atoms with van der Waals surface area (Å²) in [6, 6.07) is 1.46. The number of hydrogen-bond donors (Lipinski definition) is 2. The average Bonchev–Trinajstić information content (AvgIpc) is 2.53. The SMILES string of the molecule is O=C1NCNN1c1ncccn1. The quantitative estimate of drug-likeness (QED) is 0.586. The maximum Gasteiger partial charge on any atom is 0.340 e. The first-order chi connectivity index (χ1) is 5.88. The van der Waals surface area contributed by atoms with Crippen molar-refractivity contribution in [1.29, 1.82) is 0 Å². The molecule has 6 heteroatoms. The van der Waals surface area contributed by atoms with Crippen molar-refractivity contribution in [3.63, 3.8) is 0 Å². The maximum absolute atomic E-state index is 11.0. The Morgan fingerprint density at radius 3 is 2.75 bits per heavy atom. The zero-order valence-electron chi connectivity index (χ0n) is 6.19. The fourth-order valence-electron chi connectivity index (χ4n) is 0.913. The molecule has 0 unspecified atom stereocenters. The molecule has 1 aromatic heterocycles. The molecule has 1 fully saturated rings. The number of carbonyl (C=O) groups excluding carboxylic acids is 1. The third-order valence-corrected chi connectivity index (χ3v) is 1.43. The lowest BCUT2D eigenvalue weighted by Gasteiger charge is -2.09. The third kappa shape index (κ3) is 1.08. The number of aromatic nitrogens is 2. The topological polar surface area (TPSA) is 70.2 Å². The summed E-state index contributed by atoms with van der Waals surface area (Å²) in [5.41, 5.74) is 2.77. The molecule has 0 atom stereocenters. The van der Waals surface area contributed by atoms with Crippen molar-refractivity contribution in [2.75, 3.05) is 11.7 Å². The molecule has 2 heterocycles. The highest BCUT2D eigenvalue weighted by molar-refractivity contribution is 5.90. The third-order valence-electron chi connectivity index (χ3n) is 1.43. The minimum Gasteiger partial charge on any atom is -0.322 e. The summed E-state index contributed by atoms with van der Waals surface area (Å²) in [5.74, 6) is 0.354. The van der Waals surface area contributed by atoms with Crippen LogP contribution in [0.2, 0.25) is 0 Å². The molecule has 6 nitrogen and oxygen atoms in total. The first kappa shape index (κ1) is 6.99. The van der Waals surface area contributed by atoms with Gasteiger partial charge in [-0.2, -0.15) is 5.01 Å². The van der Waals surface area contributed by atoms with Crippen molar-refractivity contribution in [1.82, 2.24) is 20.7 Å². The standard InChI is InChI=1S/C6H7N5O/c12-6-9-4-10-11(6)5-7-2-1-3-8-5/h1-3,10H,4H2,(H,9,12). The number of hydrogen-bond acceptors (Lipinski definition) is 4. The van der Waals surface area contributed by atoms with Gasteiger partial charge in [-0.25, -0.2) is 20.2 Å². The molecule has 0 aliphatic carbocycles. The van der Waals surface area contributed by atoms with E-state index in [1.807, 2.05) is 0 Å². The highest BCUT2D eigenvalue weighted by Crippen LogP contribution is 2.03. The second-order valence-corrected chi connectivity index (χ2v) is 2.20. The van der Waals surface area contributed by atoms with Gasteiger partial charge in [0.05, 0.1) is 6.67 Å². The fraction of sp³-hybridized carbons (Fsp3) is 0.167. The Morgan fingerprint density at radius 1 is 1.42 bits per heavy atom. The van der Waals surface area contributed by atoms with E-state index in [2.05, 4.69) is 20.7 Å². The number of carbonyl (C=O) groups is 1. The van der Waals surface area contributed by atoms with E-state index in [4.69, 9.17) is 0 Å². The van der Waals surface area contributed by atoms with Crippen LogP contribution in [0.5, 0.6) is 0 Å². The first-order valence-electron chi connectivity index (χ1n) is 3.46. The monoisotopic (exact) mass is 165 g/mol. The Bertz CT molecular complexity index is 287. The Morgan fingerprint density at radius 2 is 2.17 bits per heavy atom. The van der Waals surface area contributed by atoms with Crippen LogP contribution in [0.15, 0.2) is 18.5 Å². The molecule has 2 amide bonds. The van der Waals surface area contributed by atoms with Crippen LogP contribution in [0.25, 0.3) is 0 Å². The van der Waals surface area contributed by atoms with E-state index in [0.717, 1.165) is 0 Å². The molecule has 1 aliphatic heterocycles. The first-order valence-corrected chi connectivity index (χ1v) is 3.46. The van der Waals surface area contributed by atoms with Crippen LogP contribution in [0.3, 0.4) is 0 Å². The predicted molar refractivity (Wildman–Crippen MR) is 41.0 cm³/mol. The number of rotatable bonds is 1. The van der Waals surface area contributed by atoms with Crippen LogP contribution in [0.4, 0.5) is 10.7 Å². The largest absolute Gasteiger partial charge is 0.340 e. The maximum atomic E-state index is 11.0. The molecule has 0 bridgehead atoms. The lowest BCUT2D eigenvalue weighted by Crippen LogP contribution is -2.35. The van der Waals surface area contributed by atoms with Crippen LogP contribution in [-0.2, 0) is 0 Å². The molecule has 2 rings (SSSR count). The Kier molecular flexibility index (Phi) is 1.60. The Balaban J connectivity index is 2.25. The van der Waals surface area contributed by atoms with E-state index < -0.39 is 0 Å². The highest BCUT2D eigenvalue weighted by Gasteiger charge is 2.22. The van der Waals surface area contributed by atoms with E-state index in [1.54, 1.807) is 18.5 Å². The van der Waals surface area contributed by atoms with Crippen molar-refractivity contribution in [3.05, 3.63) is 18.5 Å². The van der Waals surface area contributed by atoms with Gasteiger partial charge in [-0.3, -0.25) is 0 Å². The number of urea groups is 1. The van der Waals surface area contributed by atoms with Gasteiger partial charge in [0.15, 0.2) is 0 Å². The summed E-state index contributed by atoms with van der Waals surface area (Å²) in [4.78, 5) is 18.9. The van der Waals surface area contributed by atoms with Gasteiger partial charge in [-0.05, 0) is 6.07 Å².